The molecule has 0 atom stereocenters. The van der Waals surface area contributed by atoms with Crippen LogP contribution in [0.2, 0.25) is 5.02 Å². The summed E-state index contributed by atoms with van der Waals surface area (Å²) in [6.45, 7) is -0.376. The molecule has 1 aliphatic heterocycles. The summed E-state index contributed by atoms with van der Waals surface area (Å²) >= 11 is 5.88. The number of nitriles is 1. The normalized spacial score (nSPS) is 14.2. The number of halogens is 1. The van der Waals surface area contributed by atoms with E-state index in [9.17, 15) is 9.59 Å². The summed E-state index contributed by atoms with van der Waals surface area (Å²) in [5.41, 5.74) is 0.580. The molecule has 7 heteroatoms. The van der Waals surface area contributed by atoms with Crippen LogP contribution in [0.1, 0.15) is 5.56 Å². The second-order valence-corrected chi connectivity index (χ2v) is 4.38. The molecule has 0 fully saturated rings. The Hall–Kier alpha value is -2.36. The van der Waals surface area contributed by atoms with Crippen molar-refractivity contribution in [2.45, 2.75) is 0 Å². The number of nitrogens with zero attached hydrogens (tertiary/aromatic N) is 2. The third-order valence-corrected chi connectivity index (χ3v) is 3.04. The summed E-state index contributed by atoms with van der Waals surface area (Å²) < 4.78 is 0. The van der Waals surface area contributed by atoms with Crippen molar-refractivity contribution >= 4 is 29.1 Å². The Balaban J connectivity index is 2.27. The number of carbonyl (C=O) groups is 2. The van der Waals surface area contributed by atoms with E-state index in [0.29, 0.717) is 5.69 Å². The standard InChI is InChI=1S/C13H10ClN3O3/c14-9-2-1-3-10(8(9)7-15)16-11-6-12(19)17(4-5-18)13(11)20/h1-3,6,16,18H,4-5H2. The molecule has 20 heavy (non-hydrogen) atoms. The molecule has 1 aromatic rings. The minimum absolute atomic E-state index is 0.0437. The molecular weight excluding hydrogens is 282 g/mol. The maximum Gasteiger partial charge on any atom is 0.277 e. The van der Waals surface area contributed by atoms with Gasteiger partial charge in [0.1, 0.15) is 11.8 Å². The number of rotatable bonds is 4. The molecule has 0 aromatic heterocycles. The fourth-order valence-electron chi connectivity index (χ4n) is 1.80. The van der Waals surface area contributed by atoms with Crippen LogP contribution in [0.3, 0.4) is 0 Å². The smallest absolute Gasteiger partial charge is 0.277 e. The lowest BCUT2D eigenvalue weighted by Crippen LogP contribution is -2.34. The molecule has 6 nitrogen and oxygen atoms in total. The van der Waals surface area contributed by atoms with Crippen LogP contribution in [0.4, 0.5) is 5.69 Å². The zero-order valence-electron chi connectivity index (χ0n) is 10.3. The zero-order chi connectivity index (χ0) is 14.7. The molecule has 0 unspecified atom stereocenters. The van der Waals surface area contributed by atoms with E-state index in [-0.39, 0.29) is 29.4 Å². The average Bonchev–Trinajstić information content (AvgIpc) is 2.67. The number of aliphatic hydroxyl groups is 1. The van der Waals surface area contributed by atoms with Gasteiger partial charge in [-0.15, -0.1) is 0 Å². The fourth-order valence-corrected chi connectivity index (χ4v) is 2.01. The Bertz CT molecular complexity index is 649. The Morgan fingerprint density at radius 2 is 2.15 bits per heavy atom. The van der Waals surface area contributed by atoms with Crippen molar-refractivity contribution in [1.82, 2.24) is 4.90 Å². The minimum atomic E-state index is -0.548. The topological polar surface area (TPSA) is 93.4 Å². The number of carbonyl (C=O) groups excluding carboxylic acids is 2. The van der Waals surface area contributed by atoms with Crippen LogP contribution in [-0.2, 0) is 9.59 Å². The number of β-amino-alcohol motifs (C(OH)–C–C–N with tert-alkyl or cyclic N) is 1. The van der Waals surface area contributed by atoms with E-state index in [1.807, 2.05) is 6.07 Å². The lowest BCUT2D eigenvalue weighted by Gasteiger charge is -2.14. The summed E-state index contributed by atoms with van der Waals surface area (Å²) in [7, 11) is 0. The summed E-state index contributed by atoms with van der Waals surface area (Å²) in [5.74, 6) is -1.06. The molecule has 1 aromatic carbocycles. The molecule has 1 heterocycles. The maximum absolute atomic E-state index is 11.9. The Morgan fingerprint density at radius 1 is 1.40 bits per heavy atom. The molecule has 1 aliphatic rings. The van der Waals surface area contributed by atoms with E-state index in [2.05, 4.69) is 5.32 Å². The van der Waals surface area contributed by atoms with Gasteiger partial charge in [0.2, 0.25) is 0 Å². The highest BCUT2D eigenvalue weighted by atomic mass is 35.5. The lowest BCUT2D eigenvalue weighted by molar-refractivity contribution is -0.137. The summed E-state index contributed by atoms with van der Waals surface area (Å²) in [6, 6.07) is 6.69. The van der Waals surface area contributed by atoms with E-state index in [1.54, 1.807) is 18.2 Å². The first-order chi connectivity index (χ1) is 9.58. The van der Waals surface area contributed by atoms with Gasteiger partial charge in [-0.2, -0.15) is 5.26 Å². The summed E-state index contributed by atoms with van der Waals surface area (Å²) in [6.07, 6.45) is 1.13. The number of imide groups is 1. The van der Waals surface area contributed by atoms with E-state index in [4.69, 9.17) is 22.0 Å². The van der Waals surface area contributed by atoms with Gasteiger partial charge in [0.05, 0.1) is 29.4 Å². The first-order valence-corrected chi connectivity index (χ1v) is 6.10. The van der Waals surface area contributed by atoms with Gasteiger partial charge >= 0.3 is 0 Å². The van der Waals surface area contributed by atoms with Crippen molar-refractivity contribution < 1.29 is 14.7 Å². The lowest BCUT2D eigenvalue weighted by atomic mass is 10.2. The van der Waals surface area contributed by atoms with Gasteiger partial charge in [0.15, 0.2) is 0 Å². The van der Waals surface area contributed by atoms with Gasteiger partial charge in [-0.3, -0.25) is 14.5 Å². The highest BCUT2D eigenvalue weighted by molar-refractivity contribution is 6.32. The van der Waals surface area contributed by atoms with Crippen LogP contribution in [0.25, 0.3) is 0 Å². The predicted molar refractivity (Wildman–Crippen MR) is 71.7 cm³/mol. The average molecular weight is 292 g/mol. The SMILES string of the molecule is N#Cc1c(Cl)cccc1NC1=CC(=O)N(CCO)C1=O. The molecular formula is C13H10ClN3O3. The fraction of sp³-hybridized carbons (Fsp3) is 0.154. The minimum Gasteiger partial charge on any atom is -0.395 e. The third kappa shape index (κ3) is 2.50. The van der Waals surface area contributed by atoms with Crippen LogP contribution in [0.15, 0.2) is 30.0 Å². The highest BCUT2D eigenvalue weighted by Gasteiger charge is 2.30. The Morgan fingerprint density at radius 3 is 2.80 bits per heavy atom. The molecule has 2 amide bonds. The molecule has 2 N–H and O–H groups in total. The van der Waals surface area contributed by atoms with E-state index < -0.39 is 11.8 Å². The first kappa shape index (κ1) is 14.1. The van der Waals surface area contributed by atoms with Crippen LogP contribution < -0.4 is 5.32 Å². The largest absolute Gasteiger partial charge is 0.395 e. The second-order valence-electron chi connectivity index (χ2n) is 3.98. The summed E-state index contributed by atoms with van der Waals surface area (Å²) in [5, 5.41) is 20.8. The van der Waals surface area contributed by atoms with Crippen molar-refractivity contribution in [2.24, 2.45) is 0 Å². The van der Waals surface area contributed by atoms with Gasteiger partial charge in [0.25, 0.3) is 11.8 Å². The number of amides is 2. The zero-order valence-corrected chi connectivity index (χ0v) is 11.0. The van der Waals surface area contributed by atoms with Crippen LogP contribution in [-0.4, -0.2) is 35.0 Å². The molecule has 0 radical (unpaired) electrons. The van der Waals surface area contributed by atoms with Crippen molar-refractivity contribution in [1.29, 1.82) is 5.26 Å². The van der Waals surface area contributed by atoms with Gasteiger partial charge in [-0.05, 0) is 12.1 Å². The monoisotopic (exact) mass is 291 g/mol. The number of benzene rings is 1. The van der Waals surface area contributed by atoms with Gasteiger partial charge in [-0.25, -0.2) is 0 Å². The molecule has 0 aliphatic carbocycles. The number of hydrogen-bond acceptors (Lipinski definition) is 5. The number of hydrogen-bond donors (Lipinski definition) is 2. The van der Waals surface area contributed by atoms with Crippen molar-refractivity contribution in [3.63, 3.8) is 0 Å². The highest BCUT2D eigenvalue weighted by Crippen LogP contribution is 2.25. The molecule has 0 saturated heterocycles. The number of anilines is 1. The Labute approximate surface area is 119 Å². The third-order valence-electron chi connectivity index (χ3n) is 2.73. The first-order valence-electron chi connectivity index (χ1n) is 5.72. The van der Waals surface area contributed by atoms with Gasteiger partial charge in [-0.1, -0.05) is 17.7 Å². The predicted octanol–water partition coefficient (Wildman–Crippen LogP) is 0.869. The summed E-state index contributed by atoms with van der Waals surface area (Å²) in [4.78, 5) is 24.4. The number of aliphatic hydroxyl groups excluding tert-OH is 1. The number of nitrogens with one attached hydrogen (secondary N) is 1. The van der Waals surface area contributed by atoms with E-state index in [0.717, 1.165) is 11.0 Å². The van der Waals surface area contributed by atoms with Crippen molar-refractivity contribution in [2.75, 3.05) is 18.5 Å². The molecule has 0 saturated carbocycles. The second kappa shape index (κ2) is 5.74. The van der Waals surface area contributed by atoms with Crippen LogP contribution >= 0.6 is 11.6 Å². The quantitative estimate of drug-likeness (QED) is 0.803. The van der Waals surface area contributed by atoms with Gasteiger partial charge in [0, 0.05) is 6.08 Å². The van der Waals surface area contributed by atoms with Gasteiger partial charge < -0.3 is 10.4 Å². The van der Waals surface area contributed by atoms with E-state index in [1.165, 1.54) is 0 Å². The van der Waals surface area contributed by atoms with Crippen molar-refractivity contribution in [3.8, 4) is 6.07 Å². The molecule has 0 bridgehead atoms. The molecule has 102 valence electrons. The van der Waals surface area contributed by atoms with E-state index >= 15 is 0 Å². The molecule has 0 spiro atoms. The van der Waals surface area contributed by atoms with Crippen LogP contribution in [0, 0.1) is 11.3 Å². The molecule has 2 rings (SSSR count). The van der Waals surface area contributed by atoms with Crippen LogP contribution in [0.5, 0.6) is 0 Å². The maximum atomic E-state index is 11.9. The van der Waals surface area contributed by atoms with Crippen molar-refractivity contribution in [3.05, 3.63) is 40.6 Å². The Kier molecular flexibility index (Phi) is 4.03.